The topological polar surface area (TPSA) is 79.3 Å². The lowest BCUT2D eigenvalue weighted by molar-refractivity contribution is -0.120. The number of aryl methyl sites for hydroxylation is 2. The molecule has 166 valence electrons. The summed E-state index contributed by atoms with van der Waals surface area (Å²) in [5.41, 5.74) is 4.76. The molecule has 32 heavy (non-hydrogen) atoms. The third kappa shape index (κ3) is 5.08. The van der Waals surface area contributed by atoms with E-state index in [0.717, 1.165) is 22.1 Å². The third-order valence-electron chi connectivity index (χ3n) is 5.17. The van der Waals surface area contributed by atoms with Crippen molar-refractivity contribution in [1.29, 1.82) is 0 Å². The van der Waals surface area contributed by atoms with Gasteiger partial charge in [0.25, 0.3) is 0 Å². The first-order chi connectivity index (χ1) is 15.4. The molecule has 2 amide bonds. The number of nitrogens with zero attached hydrogens (tertiary/aromatic N) is 3. The molecule has 1 aliphatic heterocycles. The number of thioether (sulfide) groups is 1. The molecule has 4 rings (SSSR count). The van der Waals surface area contributed by atoms with Gasteiger partial charge in [0.2, 0.25) is 11.8 Å². The van der Waals surface area contributed by atoms with Crippen LogP contribution in [0, 0.1) is 13.8 Å². The Balaban J connectivity index is 1.39. The van der Waals surface area contributed by atoms with Crippen LogP contribution >= 0.6 is 23.4 Å². The normalized spacial score (nSPS) is 13.7. The quantitative estimate of drug-likeness (QED) is 0.537. The minimum atomic E-state index is -0.147. The van der Waals surface area contributed by atoms with Crippen LogP contribution in [0.5, 0.6) is 0 Å². The number of imidazole rings is 1. The predicted molar refractivity (Wildman–Crippen MR) is 129 cm³/mol. The highest BCUT2D eigenvalue weighted by atomic mass is 35.5. The van der Waals surface area contributed by atoms with Crippen molar-refractivity contribution in [2.24, 2.45) is 0 Å². The first-order valence-electron chi connectivity index (χ1n) is 10.3. The Hall–Kier alpha value is -2.97. The van der Waals surface area contributed by atoms with Gasteiger partial charge in [0.1, 0.15) is 0 Å². The van der Waals surface area contributed by atoms with Gasteiger partial charge in [-0.2, -0.15) is 0 Å². The van der Waals surface area contributed by atoms with Crippen molar-refractivity contribution in [1.82, 2.24) is 14.9 Å². The fourth-order valence-electron chi connectivity index (χ4n) is 3.57. The summed E-state index contributed by atoms with van der Waals surface area (Å²) in [7, 11) is 0. The number of rotatable bonds is 6. The van der Waals surface area contributed by atoms with Crippen LogP contribution in [0.4, 0.5) is 11.4 Å². The zero-order valence-electron chi connectivity index (χ0n) is 17.9. The van der Waals surface area contributed by atoms with E-state index >= 15 is 0 Å². The van der Waals surface area contributed by atoms with Gasteiger partial charge in [-0.05, 0) is 49.2 Å². The van der Waals surface area contributed by atoms with Crippen LogP contribution in [0.25, 0.3) is 5.69 Å². The number of amides is 2. The molecule has 1 saturated heterocycles. The SMILES string of the molecule is Cc1ccc(C)c(-n2ccnc2SCC(=O)Nc2ccc(N3CCNC(=O)C3)c(Cl)c2)c1. The van der Waals surface area contributed by atoms with Crippen molar-refractivity contribution >= 4 is 46.6 Å². The average Bonchev–Trinajstić information content (AvgIpc) is 3.22. The molecule has 9 heteroatoms. The van der Waals surface area contributed by atoms with Crippen molar-refractivity contribution in [3.63, 3.8) is 0 Å². The molecular formula is C23H24ClN5O2S. The molecule has 0 bridgehead atoms. The highest BCUT2D eigenvalue weighted by molar-refractivity contribution is 7.99. The van der Waals surface area contributed by atoms with Crippen LogP contribution in [0.15, 0.2) is 53.9 Å². The summed E-state index contributed by atoms with van der Waals surface area (Å²) in [6, 6.07) is 11.6. The largest absolute Gasteiger partial charge is 0.359 e. The number of carbonyl (C=O) groups excluding carboxylic acids is 2. The van der Waals surface area contributed by atoms with Gasteiger partial charge in [0.15, 0.2) is 5.16 Å². The third-order valence-corrected chi connectivity index (χ3v) is 6.44. The lowest BCUT2D eigenvalue weighted by atomic mass is 10.1. The number of hydrogen-bond acceptors (Lipinski definition) is 5. The molecule has 0 aliphatic carbocycles. The van der Waals surface area contributed by atoms with Crippen LogP contribution in [-0.4, -0.2) is 46.8 Å². The van der Waals surface area contributed by atoms with E-state index in [2.05, 4.69) is 47.7 Å². The highest BCUT2D eigenvalue weighted by Crippen LogP contribution is 2.30. The number of aromatic nitrogens is 2. The number of hydrogen-bond donors (Lipinski definition) is 2. The van der Waals surface area contributed by atoms with E-state index in [1.165, 1.54) is 17.3 Å². The summed E-state index contributed by atoms with van der Waals surface area (Å²) in [6.45, 7) is 5.66. The summed E-state index contributed by atoms with van der Waals surface area (Å²) >= 11 is 7.80. The predicted octanol–water partition coefficient (Wildman–Crippen LogP) is 3.81. The molecule has 2 N–H and O–H groups in total. The van der Waals surface area contributed by atoms with Gasteiger partial charge in [-0.15, -0.1) is 0 Å². The number of benzene rings is 2. The molecule has 1 aromatic heterocycles. The van der Waals surface area contributed by atoms with Gasteiger partial charge in [-0.25, -0.2) is 4.98 Å². The zero-order valence-corrected chi connectivity index (χ0v) is 19.5. The van der Waals surface area contributed by atoms with Crippen LogP contribution in [-0.2, 0) is 9.59 Å². The van der Waals surface area contributed by atoms with Gasteiger partial charge in [-0.3, -0.25) is 14.2 Å². The van der Waals surface area contributed by atoms with Gasteiger partial charge in [-0.1, -0.05) is 35.5 Å². The smallest absolute Gasteiger partial charge is 0.239 e. The molecule has 2 heterocycles. The average molecular weight is 470 g/mol. The summed E-state index contributed by atoms with van der Waals surface area (Å²) in [5, 5.41) is 6.93. The number of halogens is 1. The maximum Gasteiger partial charge on any atom is 0.239 e. The van der Waals surface area contributed by atoms with Crippen molar-refractivity contribution < 1.29 is 9.59 Å². The van der Waals surface area contributed by atoms with E-state index < -0.39 is 0 Å². The van der Waals surface area contributed by atoms with Crippen molar-refractivity contribution in [2.75, 3.05) is 35.6 Å². The van der Waals surface area contributed by atoms with E-state index in [1.807, 2.05) is 21.7 Å². The molecule has 0 spiro atoms. The summed E-state index contributed by atoms with van der Waals surface area (Å²) in [4.78, 5) is 30.5. The van der Waals surface area contributed by atoms with Crippen LogP contribution in [0.3, 0.4) is 0 Å². The van der Waals surface area contributed by atoms with Crippen molar-refractivity contribution in [3.05, 3.63) is 64.9 Å². The number of piperazine rings is 1. The highest BCUT2D eigenvalue weighted by Gasteiger charge is 2.19. The van der Waals surface area contributed by atoms with Crippen molar-refractivity contribution in [2.45, 2.75) is 19.0 Å². The molecule has 2 aromatic carbocycles. The fourth-order valence-corrected chi connectivity index (χ4v) is 4.64. The summed E-state index contributed by atoms with van der Waals surface area (Å²) < 4.78 is 2.00. The Labute approximate surface area is 196 Å². The molecule has 1 aliphatic rings. The van der Waals surface area contributed by atoms with Gasteiger partial charge in [0.05, 0.1) is 28.7 Å². The first kappa shape index (κ1) is 22.2. The lowest BCUT2D eigenvalue weighted by Gasteiger charge is -2.29. The molecule has 0 unspecified atom stereocenters. The second-order valence-electron chi connectivity index (χ2n) is 7.64. The molecule has 0 radical (unpaired) electrons. The Morgan fingerprint density at radius 1 is 1.22 bits per heavy atom. The Morgan fingerprint density at radius 3 is 2.84 bits per heavy atom. The summed E-state index contributed by atoms with van der Waals surface area (Å²) in [6.07, 6.45) is 3.64. The van der Waals surface area contributed by atoms with Gasteiger partial charge < -0.3 is 15.5 Å². The van der Waals surface area contributed by atoms with Crippen LogP contribution in [0.2, 0.25) is 5.02 Å². The first-order valence-corrected chi connectivity index (χ1v) is 11.6. The van der Waals surface area contributed by atoms with Crippen molar-refractivity contribution in [3.8, 4) is 5.69 Å². The Morgan fingerprint density at radius 2 is 2.06 bits per heavy atom. The van der Waals surface area contributed by atoms with E-state index in [-0.39, 0.29) is 24.1 Å². The van der Waals surface area contributed by atoms with Crippen LogP contribution in [0.1, 0.15) is 11.1 Å². The Kier molecular flexibility index (Phi) is 6.72. The maximum atomic E-state index is 12.5. The fraction of sp³-hybridized carbons (Fsp3) is 0.261. The molecule has 7 nitrogen and oxygen atoms in total. The van der Waals surface area contributed by atoms with Gasteiger partial charge in [0, 0.05) is 31.2 Å². The standard InChI is InChI=1S/C23H24ClN5O2S/c1-15-3-4-16(2)20(11-15)29-10-8-26-23(29)32-14-22(31)27-17-5-6-19(18(24)12-17)28-9-7-25-21(30)13-28/h3-6,8,10-12H,7,9,13-14H2,1-2H3,(H,25,30)(H,27,31). The second kappa shape index (κ2) is 9.67. The monoisotopic (exact) mass is 469 g/mol. The molecule has 1 fully saturated rings. The molecule has 0 saturated carbocycles. The summed E-state index contributed by atoms with van der Waals surface area (Å²) in [5.74, 6) is 0.0423. The van der Waals surface area contributed by atoms with E-state index in [1.54, 1.807) is 18.3 Å². The van der Waals surface area contributed by atoms with E-state index in [4.69, 9.17) is 11.6 Å². The molecule has 3 aromatic rings. The second-order valence-corrected chi connectivity index (χ2v) is 8.99. The van der Waals surface area contributed by atoms with E-state index in [9.17, 15) is 9.59 Å². The Bertz CT molecular complexity index is 1160. The number of carbonyl (C=O) groups is 2. The molecule has 0 atom stereocenters. The lowest BCUT2D eigenvalue weighted by Crippen LogP contribution is -2.47. The van der Waals surface area contributed by atoms with Gasteiger partial charge >= 0.3 is 0 Å². The number of anilines is 2. The van der Waals surface area contributed by atoms with E-state index in [0.29, 0.717) is 23.8 Å². The van der Waals surface area contributed by atoms with Crippen LogP contribution < -0.4 is 15.5 Å². The minimum Gasteiger partial charge on any atom is -0.359 e. The maximum absolute atomic E-state index is 12.5. The number of nitrogens with one attached hydrogen (secondary N) is 2. The zero-order chi connectivity index (χ0) is 22.7. The molecular weight excluding hydrogens is 446 g/mol. The minimum absolute atomic E-state index is 0.0269.